The molecule has 0 unspecified atom stereocenters. The Balaban J connectivity index is 1.95. The topological polar surface area (TPSA) is 0 Å². The summed E-state index contributed by atoms with van der Waals surface area (Å²) >= 11 is 5.37. The molecule has 124 valence electrons. The van der Waals surface area contributed by atoms with E-state index >= 15 is 0 Å². The molecule has 0 heterocycles. The normalized spacial score (nSPS) is 13.2. The SMILES string of the molecule is [Br][Sb]([Br])([CH2]c1ccccc1)([CH2]c1ccccc1)[CH2]c1ccccc1. The zero-order chi connectivity index (χ0) is 16.9. The van der Waals surface area contributed by atoms with Gasteiger partial charge in [0, 0.05) is 0 Å². The quantitative estimate of drug-likeness (QED) is 0.304. The molecule has 0 bridgehead atoms. The fourth-order valence-corrected chi connectivity index (χ4v) is 24.3. The fraction of sp³-hybridized carbons (Fsp3) is 0.143. The summed E-state index contributed by atoms with van der Waals surface area (Å²) in [4.78, 5) is 0. The minimum absolute atomic E-state index is 1.10. The molecule has 0 saturated carbocycles. The van der Waals surface area contributed by atoms with E-state index in [4.69, 9.17) is 0 Å². The second-order valence-corrected chi connectivity index (χ2v) is 48.7. The third kappa shape index (κ3) is 5.22. The average Bonchev–Trinajstić information content (AvgIpc) is 2.56. The summed E-state index contributed by atoms with van der Waals surface area (Å²) < 4.78 is 3.29. The molecule has 0 spiro atoms. The molecule has 0 aliphatic heterocycles. The summed E-state index contributed by atoms with van der Waals surface area (Å²) in [6.45, 7) is 0. The second-order valence-electron chi connectivity index (χ2n) is 6.38. The predicted molar refractivity (Wildman–Crippen MR) is 114 cm³/mol. The summed E-state index contributed by atoms with van der Waals surface area (Å²) in [6, 6.07) is 32.5. The fourth-order valence-electron chi connectivity index (χ4n) is 3.11. The Hall–Kier alpha value is -0.562. The van der Waals surface area contributed by atoms with Crippen LogP contribution < -0.4 is 0 Å². The van der Waals surface area contributed by atoms with Gasteiger partial charge in [0.15, 0.2) is 0 Å². The molecule has 0 N–H and O–H groups in total. The van der Waals surface area contributed by atoms with Crippen LogP contribution in [0.4, 0.5) is 0 Å². The average molecular weight is 555 g/mol. The third-order valence-corrected chi connectivity index (χ3v) is 23.2. The molecule has 0 radical (unpaired) electrons. The van der Waals surface area contributed by atoms with E-state index in [1.54, 1.807) is 0 Å². The van der Waals surface area contributed by atoms with Gasteiger partial charge in [-0.1, -0.05) is 0 Å². The van der Waals surface area contributed by atoms with Gasteiger partial charge in [-0.15, -0.1) is 0 Å². The van der Waals surface area contributed by atoms with E-state index in [0.717, 1.165) is 13.1 Å². The van der Waals surface area contributed by atoms with Gasteiger partial charge in [-0.2, -0.15) is 0 Å². The monoisotopic (exact) mass is 552 g/mol. The molecular weight excluding hydrogens is 534 g/mol. The first kappa shape index (κ1) is 18.2. The van der Waals surface area contributed by atoms with Gasteiger partial charge in [-0.3, -0.25) is 0 Å². The van der Waals surface area contributed by atoms with Crippen LogP contribution in [-0.4, -0.2) is 12.9 Å². The van der Waals surface area contributed by atoms with E-state index in [2.05, 4.69) is 116 Å². The molecule has 0 saturated heterocycles. The second kappa shape index (κ2) is 7.77. The Morgan fingerprint density at radius 2 is 0.708 bits per heavy atom. The van der Waals surface area contributed by atoms with Gasteiger partial charge in [0.05, 0.1) is 0 Å². The zero-order valence-corrected chi connectivity index (χ0v) is 19.2. The van der Waals surface area contributed by atoms with E-state index in [9.17, 15) is 0 Å². The molecule has 0 fully saturated rings. The van der Waals surface area contributed by atoms with Crippen LogP contribution in [0.15, 0.2) is 91.0 Å². The van der Waals surface area contributed by atoms with Crippen LogP contribution >= 0.6 is 25.2 Å². The van der Waals surface area contributed by atoms with Crippen molar-refractivity contribution in [3.05, 3.63) is 108 Å². The number of benzene rings is 3. The summed E-state index contributed by atoms with van der Waals surface area (Å²) in [5, 5.41) is 0. The van der Waals surface area contributed by atoms with Crippen molar-refractivity contribution in [3.63, 3.8) is 0 Å². The van der Waals surface area contributed by atoms with E-state index in [1.807, 2.05) is 0 Å². The van der Waals surface area contributed by atoms with Crippen molar-refractivity contribution < 1.29 is 0 Å². The van der Waals surface area contributed by atoms with E-state index in [0.29, 0.717) is 0 Å². The van der Waals surface area contributed by atoms with Crippen molar-refractivity contribution in [3.8, 4) is 0 Å². The van der Waals surface area contributed by atoms with Crippen LogP contribution in [0.25, 0.3) is 0 Å². The maximum atomic E-state index is 4.32. The van der Waals surface area contributed by atoms with Crippen LogP contribution in [0.3, 0.4) is 0 Å². The number of hydrogen-bond acceptors (Lipinski definition) is 0. The predicted octanol–water partition coefficient (Wildman–Crippen LogP) is 6.52. The molecule has 3 heteroatoms. The van der Waals surface area contributed by atoms with Gasteiger partial charge in [-0.25, -0.2) is 0 Å². The van der Waals surface area contributed by atoms with Gasteiger partial charge in [0.1, 0.15) is 0 Å². The van der Waals surface area contributed by atoms with Crippen molar-refractivity contribution in [1.29, 1.82) is 0 Å². The zero-order valence-electron chi connectivity index (χ0n) is 13.5. The standard InChI is InChI=1S/3C7H7.2BrH.Sb/c3*1-7-5-3-2-4-6-7;;;/h3*2-6H,1H2;2*1H;/q;;;;;+2/p-2. The van der Waals surface area contributed by atoms with Crippen molar-refractivity contribution >= 4 is 38.1 Å². The molecule has 0 aromatic heterocycles. The van der Waals surface area contributed by atoms with Crippen molar-refractivity contribution in [2.45, 2.75) is 13.1 Å². The molecule has 0 amide bonds. The molecular formula is C21H21Br2Sb. The number of rotatable bonds is 6. The molecule has 0 aliphatic rings. The van der Waals surface area contributed by atoms with E-state index in [-0.39, 0.29) is 0 Å². The van der Waals surface area contributed by atoms with Crippen molar-refractivity contribution in [1.82, 2.24) is 0 Å². The summed E-state index contributed by atoms with van der Waals surface area (Å²) in [7, 11) is 0. The molecule has 3 aromatic rings. The molecule has 0 aliphatic carbocycles. The van der Waals surface area contributed by atoms with Crippen molar-refractivity contribution in [2.24, 2.45) is 0 Å². The van der Waals surface area contributed by atoms with Gasteiger partial charge in [-0.05, 0) is 0 Å². The first-order chi connectivity index (χ1) is 11.5. The molecule has 3 aromatic carbocycles. The first-order valence-corrected chi connectivity index (χ1v) is 24.9. The Morgan fingerprint density at radius 3 is 0.958 bits per heavy atom. The molecule has 24 heavy (non-hydrogen) atoms. The molecule has 3 rings (SSSR count). The summed E-state index contributed by atoms with van der Waals surface area (Å²) in [5.41, 5.74) is 4.21. The van der Waals surface area contributed by atoms with E-state index in [1.165, 1.54) is 16.7 Å². The van der Waals surface area contributed by atoms with Crippen molar-refractivity contribution in [2.75, 3.05) is 0 Å². The van der Waals surface area contributed by atoms with Crippen LogP contribution in [0.1, 0.15) is 16.7 Å². The molecule has 0 nitrogen and oxygen atoms in total. The Morgan fingerprint density at radius 1 is 0.458 bits per heavy atom. The Kier molecular flexibility index (Phi) is 5.90. The van der Waals surface area contributed by atoms with Gasteiger partial charge < -0.3 is 0 Å². The Bertz CT molecular complexity index is 663. The van der Waals surface area contributed by atoms with Crippen LogP contribution in [-0.2, 0) is 13.1 Å². The van der Waals surface area contributed by atoms with Crippen LogP contribution in [0.5, 0.6) is 0 Å². The Labute approximate surface area is 157 Å². The third-order valence-electron chi connectivity index (χ3n) is 4.11. The first-order valence-electron chi connectivity index (χ1n) is 8.08. The number of hydrogen-bond donors (Lipinski definition) is 0. The van der Waals surface area contributed by atoms with E-state index < -0.39 is 12.9 Å². The maximum absolute atomic E-state index is 4.32. The van der Waals surface area contributed by atoms with Crippen LogP contribution in [0.2, 0.25) is 0 Å². The molecule has 0 atom stereocenters. The van der Waals surface area contributed by atoms with Crippen LogP contribution in [0, 0.1) is 0 Å². The minimum atomic E-state index is -3.27. The summed E-state index contributed by atoms with van der Waals surface area (Å²) in [5.74, 6) is 0. The van der Waals surface area contributed by atoms with Gasteiger partial charge >= 0.3 is 159 Å². The van der Waals surface area contributed by atoms with Gasteiger partial charge in [0.25, 0.3) is 0 Å². The number of halogens is 2. The summed E-state index contributed by atoms with van der Waals surface area (Å²) in [6.07, 6.45) is 0. The van der Waals surface area contributed by atoms with Gasteiger partial charge in [0.2, 0.25) is 0 Å².